The fourth-order valence-corrected chi connectivity index (χ4v) is 2.53. The third-order valence-corrected chi connectivity index (χ3v) is 3.68. The number of hydrogen-bond donors (Lipinski definition) is 2. The summed E-state index contributed by atoms with van der Waals surface area (Å²) in [6, 6.07) is 15.5. The zero-order valence-electron chi connectivity index (χ0n) is 13.5. The van der Waals surface area contributed by atoms with Crippen molar-refractivity contribution in [2.24, 2.45) is 0 Å². The van der Waals surface area contributed by atoms with Crippen molar-refractivity contribution in [1.29, 1.82) is 0 Å². The number of nitrogens with one attached hydrogen (secondary N) is 1. The van der Waals surface area contributed by atoms with E-state index in [9.17, 15) is 4.79 Å². The van der Waals surface area contributed by atoms with E-state index in [1.165, 1.54) is 0 Å². The van der Waals surface area contributed by atoms with E-state index in [2.05, 4.69) is 10.3 Å². The van der Waals surface area contributed by atoms with Gasteiger partial charge in [-0.3, -0.25) is 9.78 Å². The molecule has 0 spiro atoms. The van der Waals surface area contributed by atoms with Crippen LogP contribution in [0.5, 0.6) is 0 Å². The number of esters is 1. The monoisotopic (exact) mass is 321 g/mol. The molecular weight excluding hydrogens is 302 g/mol. The van der Waals surface area contributed by atoms with Gasteiger partial charge < -0.3 is 15.8 Å². The summed E-state index contributed by atoms with van der Waals surface area (Å²) in [5.41, 5.74) is 10.2. The van der Waals surface area contributed by atoms with Crippen LogP contribution in [0.4, 0.5) is 17.1 Å². The number of nitrogens with two attached hydrogens (primary N) is 1. The summed E-state index contributed by atoms with van der Waals surface area (Å²) in [5.74, 6) is -0.220. The van der Waals surface area contributed by atoms with Crippen LogP contribution in [0.25, 0.3) is 10.9 Å². The molecular formula is C19H19N3O2. The average Bonchev–Trinajstić information content (AvgIpc) is 2.59. The molecule has 0 saturated heterocycles. The molecule has 0 atom stereocenters. The Bertz CT molecular complexity index is 860. The van der Waals surface area contributed by atoms with Crippen LogP contribution in [0.15, 0.2) is 54.7 Å². The number of carbonyl (C=O) groups excluding carboxylic acids is 1. The van der Waals surface area contributed by atoms with E-state index in [0.717, 1.165) is 27.8 Å². The van der Waals surface area contributed by atoms with Crippen molar-refractivity contribution in [2.45, 2.75) is 13.3 Å². The van der Waals surface area contributed by atoms with Crippen LogP contribution >= 0.6 is 0 Å². The highest BCUT2D eigenvalue weighted by molar-refractivity contribution is 5.98. The van der Waals surface area contributed by atoms with Crippen molar-refractivity contribution < 1.29 is 9.53 Å². The molecule has 0 aliphatic rings. The SMILES string of the molecule is CCOC(=O)Cc1ccc(Nc2c(N)cnc3ccccc23)cc1. The summed E-state index contributed by atoms with van der Waals surface area (Å²) in [6.07, 6.45) is 1.92. The van der Waals surface area contributed by atoms with Gasteiger partial charge in [0, 0.05) is 11.1 Å². The molecule has 0 unspecified atom stereocenters. The standard InChI is InChI=1S/C19H19N3O2/c1-2-24-18(23)11-13-7-9-14(10-8-13)22-19-15-5-3-4-6-17(15)21-12-16(19)20/h3-10,12H,2,11,20H2,1H3,(H,21,22). The maximum absolute atomic E-state index is 11.5. The number of para-hydroxylation sites is 1. The molecule has 5 heteroatoms. The van der Waals surface area contributed by atoms with Crippen molar-refractivity contribution in [1.82, 2.24) is 4.98 Å². The molecule has 0 aliphatic heterocycles. The second-order valence-electron chi connectivity index (χ2n) is 5.41. The van der Waals surface area contributed by atoms with Crippen LogP contribution in [-0.2, 0) is 16.0 Å². The Morgan fingerprint density at radius 2 is 1.92 bits per heavy atom. The third-order valence-electron chi connectivity index (χ3n) is 3.68. The van der Waals surface area contributed by atoms with Gasteiger partial charge in [-0.2, -0.15) is 0 Å². The Hall–Kier alpha value is -3.08. The highest BCUT2D eigenvalue weighted by Crippen LogP contribution is 2.30. The number of benzene rings is 2. The Morgan fingerprint density at radius 3 is 2.67 bits per heavy atom. The number of carbonyl (C=O) groups is 1. The minimum Gasteiger partial charge on any atom is -0.466 e. The quantitative estimate of drug-likeness (QED) is 0.701. The maximum Gasteiger partial charge on any atom is 0.310 e. The molecule has 0 aliphatic carbocycles. The fraction of sp³-hybridized carbons (Fsp3) is 0.158. The van der Waals surface area contributed by atoms with E-state index < -0.39 is 0 Å². The maximum atomic E-state index is 11.5. The van der Waals surface area contributed by atoms with Crippen LogP contribution in [0.2, 0.25) is 0 Å². The number of hydrogen-bond acceptors (Lipinski definition) is 5. The predicted molar refractivity (Wildman–Crippen MR) is 96.2 cm³/mol. The van der Waals surface area contributed by atoms with Gasteiger partial charge in [-0.25, -0.2) is 0 Å². The Morgan fingerprint density at radius 1 is 1.17 bits per heavy atom. The first kappa shape index (κ1) is 15.8. The molecule has 24 heavy (non-hydrogen) atoms. The van der Waals surface area contributed by atoms with E-state index >= 15 is 0 Å². The number of nitrogen functional groups attached to an aromatic ring is 1. The largest absolute Gasteiger partial charge is 0.466 e. The molecule has 5 nitrogen and oxygen atoms in total. The van der Waals surface area contributed by atoms with Gasteiger partial charge in [0.2, 0.25) is 0 Å². The number of ether oxygens (including phenoxy) is 1. The molecule has 1 heterocycles. The van der Waals surface area contributed by atoms with E-state index in [1.54, 1.807) is 13.1 Å². The summed E-state index contributed by atoms with van der Waals surface area (Å²) in [6.45, 7) is 2.20. The number of pyridine rings is 1. The fourth-order valence-electron chi connectivity index (χ4n) is 2.53. The Labute approximate surface area is 140 Å². The summed E-state index contributed by atoms with van der Waals surface area (Å²) in [5, 5.41) is 4.31. The van der Waals surface area contributed by atoms with Crippen molar-refractivity contribution >= 4 is 33.9 Å². The number of fused-ring (bicyclic) bond motifs is 1. The zero-order valence-corrected chi connectivity index (χ0v) is 13.5. The van der Waals surface area contributed by atoms with Gasteiger partial charge in [-0.1, -0.05) is 30.3 Å². The van der Waals surface area contributed by atoms with Gasteiger partial charge in [0.15, 0.2) is 0 Å². The van der Waals surface area contributed by atoms with Crippen molar-refractivity contribution in [3.05, 3.63) is 60.3 Å². The second-order valence-corrected chi connectivity index (χ2v) is 5.41. The van der Waals surface area contributed by atoms with Gasteiger partial charge in [0.1, 0.15) is 0 Å². The molecule has 0 amide bonds. The molecule has 3 aromatic rings. The average molecular weight is 321 g/mol. The molecule has 0 saturated carbocycles. The first-order valence-corrected chi connectivity index (χ1v) is 7.82. The molecule has 0 radical (unpaired) electrons. The topological polar surface area (TPSA) is 77.2 Å². The van der Waals surface area contributed by atoms with E-state index in [-0.39, 0.29) is 12.4 Å². The van der Waals surface area contributed by atoms with Crippen molar-refractivity contribution in [2.75, 3.05) is 17.7 Å². The van der Waals surface area contributed by atoms with Crippen LogP contribution in [-0.4, -0.2) is 17.6 Å². The van der Waals surface area contributed by atoms with Crippen LogP contribution in [0.1, 0.15) is 12.5 Å². The van der Waals surface area contributed by atoms with Gasteiger partial charge in [0.05, 0.1) is 36.1 Å². The molecule has 122 valence electrons. The molecule has 0 bridgehead atoms. The molecule has 3 N–H and O–H groups in total. The van der Waals surface area contributed by atoms with Crippen LogP contribution < -0.4 is 11.1 Å². The number of anilines is 3. The molecule has 3 rings (SSSR count). The normalized spacial score (nSPS) is 10.5. The Kier molecular flexibility index (Phi) is 4.61. The third kappa shape index (κ3) is 3.46. The molecule has 0 fully saturated rings. The van der Waals surface area contributed by atoms with Crippen LogP contribution in [0, 0.1) is 0 Å². The highest BCUT2D eigenvalue weighted by atomic mass is 16.5. The summed E-state index contributed by atoms with van der Waals surface area (Å²) in [4.78, 5) is 15.8. The minimum absolute atomic E-state index is 0.220. The number of nitrogens with zero attached hydrogens (tertiary/aromatic N) is 1. The predicted octanol–water partition coefficient (Wildman–Crippen LogP) is 3.67. The lowest BCUT2D eigenvalue weighted by molar-refractivity contribution is -0.142. The lowest BCUT2D eigenvalue weighted by atomic mass is 10.1. The van der Waals surface area contributed by atoms with E-state index in [4.69, 9.17) is 10.5 Å². The zero-order chi connectivity index (χ0) is 16.9. The molecule has 2 aromatic carbocycles. The summed E-state index contributed by atoms with van der Waals surface area (Å²) >= 11 is 0. The highest BCUT2D eigenvalue weighted by Gasteiger charge is 2.08. The minimum atomic E-state index is -0.220. The first-order valence-electron chi connectivity index (χ1n) is 7.82. The van der Waals surface area contributed by atoms with Gasteiger partial charge in [0.25, 0.3) is 0 Å². The second kappa shape index (κ2) is 7.00. The number of rotatable bonds is 5. The van der Waals surface area contributed by atoms with Gasteiger partial charge in [-0.05, 0) is 30.7 Å². The van der Waals surface area contributed by atoms with Gasteiger partial charge >= 0.3 is 5.97 Å². The summed E-state index contributed by atoms with van der Waals surface area (Å²) < 4.78 is 4.96. The van der Waals surface area contributed by atoms with E-state index in [1.807, 2.05) is 48.5 Å². The first-order chi connectivity index (χ1) is 11.7. The number of aromatic nitrogens is 1. The van der Waals surface area contributed by atoms with Gasteiger partial charge in [-0.15, -0.1) is 0 Å². The van der Waals surface area contributed by atoms with Crippen molar-refractivity contribution in [3.8, 4) is 0 Å². The lowest BCUT2D eigenvalue weighted by Crippen LogP contribution is -2.07. The molecule has 1 aromatic heterocycles. The Balaban J connectivity index is 1.82. The van der Waals surface area contributed by atoms with Crippen molar-refractivity contribution in [3.63, 3.8) is 0 Å². The van der Waals surface area contributed by atoms with Crippen LogP contribution in [0.3, 0.4) is 0 Å². The smallest absolute Gasteiger partial charge is 0.310 e. The van der Waals surface area contributed by atoms with E-state index in [0.29, 0.717) is 12.3 Å². The lowest BCUT2D eigenvalue weighted by Gasteiger charge is -2.12. The summed E-state index contributed by atoms with van der Waals surface area (Å²) in [7, 11) is 0.